The van der Waals surface area contributed by atoms with Gasteiger partial charge in [0.05, 0.1) is 31.1 Å². The number of ether oxygens (including phenoxy) is 2. The zero-order valence-electron chi connectivity index (χ0n) is 16.5. The van der Waals surface area contributed by atoms with Crippen LogP contribution >= 0.6 is 11.3 Å². The van der Waals surface area contributed by atoms with Crippen molar-refractivity contribution in [2.24, 2.45) is 11.8 Å². The lowest BCUT2D eigenvalue weighted by Gasteiger charge is -2.33. The fourth-order valence-electron chi connectivity index (χ4n) is 4.63. The van der Waals surface area contributed by atoms with Crippen LogP contribution in [0.1, 0.15) is 54.1 Å². The molecule has 0 radical (unpaired) electrons. The van der Waals surface area contributed by atoms with E-state index in [1.807, 2.05) is 11.4 Å². The van der Waals surface area contributed by atoms with Crippen LogP contribution in [0.15, 0.2) is 23.6 Å². The van der Waals surface area contributed by atoms with Gasteiger partial charge in [-0.2, -0.15) is 0 Å². The van der Waals surface area contributed by atoms with Gasteiger partial charge in [-0.1, -0.05) is 13.0 Å². The first-order valence-corrected chi connectivity index (χ1v) is 11.1. The van der Waals surface area contributed by atoms with E-state index in [1.165, 1.54) is 11.1 Å². The highest BCUT2D eigenvalue weighted by molar-refractivity contribution is 7.09. The minimum atomic E-state index is -0.394. The van der Waals surface area contributed by atoms with Gasteiger partial charge in [-0.25, -0.2) is 4.98 Å². The topological polar surface area (TPSA) is 71.8 Å². The zero-order valence-corrected chi connectivity index (χ0v) is 17.3. The fraction of sp³-hybridized carbons (Fsp3) is 0.591. The summed E-state index contributed by atoms with van der Waals surface area (Å²) in [6.45, 7) is 4.76. The molecule has 6 heteroatoms. The summed E-state index contributed by atoms with van der Waals surface area (Å²) in [5.41, 5.74) is 3.29. The van der Waals surface area contributed by atoms with Crippen LogP contribution in [0.4, 0.5) is 0 Å². The van der Waals surface area contributed by atoms with Crippen LogP contribution in [0.3, 0.4) is 0 Å². The Morgan fingerprint density at radius 3 is 2.89 bits per heavy atom. The van der Waals surface area contributed by atoms with Gasteiger partial charge in [0.15, 0.2) is 0 Å². The summed E-state index contributed by atoms with van der Waals surface area (Å²) in [4.78, 5) is 4.46. The van der Waals surface area contributed by atoms with Crippen LogP contribution in [0.2, 0.25) is 0 Å². The zero-order chi connectivity index (χ0) is 19.7. The highest BCUT2D eigenvalue weighted by Crippen LogP contribution is 2.46. The number of hydrogen-bond donors (Lipinski definition) is 2. The maximum Gasteiger partial charge on any atom is 0.122 e. The molecule has 0 spiro atoms. The van der Waals surface area contributed by atoms with Gasteiger partial charge in [0.1, 0.15) is 16.9 Å². The van der Waals surface area contributed by atoms with E-state index in [2.05, 4.69) is 31.0 Å². The van der Waals surface area contributed by atoms with Crippen molar-refractivity contribution in [3.8, 4) is 5.75 Å². The standard InChI is InChI=1S/C22H29NO4S/c1-3-14-4-5-16(8-13(14)2)26-11-18-17-6-7-20(27-21(17)9-19(18)25)22-23-15(10-24)12-28-22/h4-5,8,12,17-21,24-25H,3,6-7,9-11H2,1-2H3/t17-,18-,19-,20-,21+/m1/s1. The second-order valence-electron chi connectivity index (χ2n) is 7.96. The van der Waals surface area contributed by atoms with E-state index in [1.54, 1.807) is 11.3 Å². The van der Waals surface area contributed by atoms with E-state index in [4.69, 9.17) is 9.47 Å². The Bertz CT molecular complexity index is 808. The van der Waals surface area contributed by atoms with Gasteiger partial charge in [0.2, 0.25) is 0 Å². The Morgan fingerprint density at radius 2 is 2.18 bits per heavy atom. The first kappa shape index (κ1) is 19.8. The Balaban J connectivity index is 1.37. The van der Waals surface area contributed by atoms with Gasteiger partial charge in [-0.3, -0.25) is 0 Å². The molecule has 5 atom stereocenters. The normalized spacial score (nSPS) is 29.6. The molecule has 2 N–H and O–H groups in total. The smallest absolute Gasteiger partial charge is 0.122 e. The maximum absolute atomic E-state index is 10.6. The van der Waals surface area contributed by atoms with E-state index in [0.717, 1.165) is 30.0 Å². The highest BCUT2D eigenvalue weighted by atomic mass is 32.1. The molecular formula is C22H29NO4S. The Morgan fingerprint density at radius 1 is 1.32 bits per heavy atom. The minimum absolute atomic E-state index is 0.0253. The molecule has 0 amide bonds. The summed E-state index contributed by atoms with van der Waals surface area (Å²) in [5.74, 6) is 1.29. The highest BCUT2D eigenvalue weighted by Gasteiger charge is 2.47. The molecule has 152 valence electrons. The van der Waals surface area contributed by atoms with E-state index in [9.17, 15) is 10.2 Å². The molecule has 1 aromatic carbocycles. The van der Waals surface area contributed by atoms with E-state index >= 15 is 0 Å². The summed E-state index contributed by atoms with van der Waals surface area (Å²) >= 11 is 1.54. The van der Waals surface area contributed by atoms with Crippen molar-refractivity contribution in [2.75, 3.05) is 6.61 Å². The van der Waals surface area contributed by atoms with Crippen molar-refractivity contribution < 1.29 is 19.7 Å². The molecule has 4 rings (SSSR count). The number of nitrogens with zero attached hydrogens (tertiary/aromatic N) is 1. The summed E-state index contributed by atoms with van der Waals surface area (Å²) < 4.78 is 12.4. The number of benzene rings is 1. The third kappa shape index (κ3) is 3.96. The number of hydrogen-bond acceptors (Lipinski definition) is 6. The van der Waals surface area contributed by atoms with Crippen molar-refractivity contribution in [1.29, 1.82) is 0 Å². The molecule has 28 heavy (non-hydrogen) atoms. The van der Waals surface area contributed by atoms with Gasteiger partial charge in [0, 0.05) is 17.7 Å². The molecule has 1 saturated heterocycles. The van der Waals surface area contributed by atoms with Crippen molar-refractivity contribution in [3.05, 3.63) is 45.4 Å². The largest absolute Gasteiger partial charge is 0.493 e. The lowest BCUT2D eigenvalue weighted by atomic mass is 9.87. The minimum Gasteiger partial charge on any atom is -0.493 e. The van der Waals surface area contributed by atoms with Crippen LogP contribution in [-0.4, -0.2) is 34.0 Å². The van der Waals surface area contributed by atoms with Gasteiger partial charge < -0.3 is 19.7 Å². The quantitative estimate of drug-likeness (QED) is 0.768. The molecule has 2 aromatic rings. The Labute approximate surface area is 170 Å². The molecular weight excluding hydrogens is 374 g/mol. The number of thiazole rings is 1. The summed E-state index contributed by atoms with van der Waals surface area (Å²) in [6.07, 6.45) is 3.20. The molecule has 1 aliphatic heterocycles. The number of aliphatic hydroxyl groups is 2. The van der Waals surface area contributed by atoms with Crippen molar-refractivity contribution in [3.63, 3.8) is 0 Å². The van der Waals surface area contributed by atoms with Crippen molar-refractivity contribution in [1.82, 2.24) is 4.98 Å². The molecule has 0 unspecified atom stereocenters. The molecule has 1 aromatic heterocycles. The third-order valence-electron chi connectivity index (χ3n) is 6.24. The lowest BCUT2D eigenvalue weighted by molar-refractivity contribution is -0.0812. The molecule has 0 bridgehead atoms. The molecule has 1 saturated carbocycles. The lowest BCUT2D eigenvalue weighted by Crippen LogP contribution is -2.33. The predicted molar refractivity (Wildman–Crippen MR) is 109 cm³/mol. The van der Waals surface area contributed by atoms with E-state index in [-0.39, 0.29) is 24.7 Å². The van der Waals surface area contributed by atoms with Crippen molar-refractivity contribution in [2.45, 2.75) is 64.4 Å². The molecule has 2 heterocycles. The van der Waals surface area contributed by atoms with Gasteiger partial charge in [-0.05, 0) is 55.4 Å². The predicted octanol–water partition coefficient (Wildman–Crippen LogP) is 3.80. The van der Waals surface area contributed by atoms with Crippen LogP contribution in [-0.2, 0) is 17.8 Å². The van der Waals surface area contributed by atoms with Crippen LogP contribution in [0.25, 0.3) is 0 Å². The van der Waals surface area contributed by atoms with E-state index < -0.39 is 6.10 Å². The number of fused-ring (bicyclic) bond motifs is 1. The van der Waals surface area contributed by atoms with Crippen molar-refractivity contribution >= 4 is 11.3 Å². The molecule has 5 nitrogen and oxygen atoms in total. The first-order valence-electron chi connectivity index (χ1n) is 10.2. The van der Waals surface area contributed by atoms with E-state index in [0.29, 0.717) is 24.6 Å². The Kier molecular flexibility index (Phi) is 6.01. The molecule has 1 aliphatic carbocycles. The monoisotopic (exact) mass is 403 g/mol. The SMILES string of the molecule is CCc1ccc(OC[C@@H]2[C@H]3CC[C@H](c4nc(CO)cs4)O[C@H]3C[C@H]2O)cc1C. The third-order valence-corrected chi connectivity index (χ3v) is 7.23. The van der Waals surface area contributed by atoms with Crippen LogP contribution < -0.4 is 4.74 Å². The van der Waals surface area contributed by atoms with Gasteiger partial charge in [0.25, 0.3) is 0 Å². The molecule has 2 fully saturated rings. The summed E-state index contributed by atoms with van der Waals surface area (Å²) in [7, 11) is 0. The Hall–Kier alpha value is -1.47. The first-order chi connectivity index (χ1) is 13.6. The average Bonchev–Trinajstić information content (AvgIpc) is 3.29. The van der Waals surface area contributed by atoms with Crippen LogP contribution in [0, 0.1) is 18.8 Å². The fourth-order valence-corrected chi connectivity index (χ4v) is 5.51. The van der Waals surface area contributed by atoms with Gasteiger partial charge in [-0.15, -0.1) is 11.3 Å². The summed E-state index contributed by atoms with van der Waals surface area (Å²) in [5, 5.41) is 22.7. The maximum atomic E-state index is 10.6. The number of aliphatic hydroxyl groups excluding tert-OH is 2. The second kappa shape index (κ2) is 8.49. The summed E-state index contributed by atoms with van der Waals surface area (Å²) in [6, 6.07) is 6.24. The number of aryl methyl sites for hydroxylation is 2. The second-order valence-corrected chi connectivity index (χ2v) is 8.85. The number of aromatic nitrogens is 1. The van der Waals surface area contributed by atoms with Crippen LogP contribution in [0.5, 0.6) is 5.75 Å². The molecule has 2 aliphatic rings. The average molecular weight is 404 g/mol. The van der Waals surface area contributed by atoms with Gasteiger partial charge >= 0.3 is 0 Å². The number of rotatable bonds is 6.